The Morgan fingerprint density at radius 3 is 2.47 bits per heavy atom. The zero-order valence-corrected chi connectivity index (χ0v) is 11.9. The van der Waals surface area contributed by atoms with Gasteiger partial charge in [-0.2, -0.15) is 0 Å². The lowest BCUT2D eigenvalue weighted by molar-refractivity contribution is 0.0614. The number of hydrogen-bond acceptors (Lipinski definition) is 5. The van der Waals surface area contributed by atoms with Crippen LogP contribution in [-0.4, -0.2) is 33.8 Å². The summed E-state index contributed by atoms with van der Waals surface area (Å²) in [4.78, 5) is 8.51. The lowest BCUT2D eigenvalue weighted by atomic mass is 10.0. The highest BCUT2D eigenvalue weighted by molar-refractivity contribution is 5.56. The molecule has 5 heteroatoms. The van der Waals surface area contributed by atoms with Gasteiger partial charge in [0.1, 0.15) is 18.0 Å². The van der Waals surface area contributed by atoms with E-state index in [0.29, 0.717) is 6.54 Å². The maximum atomic E-state index is 10.3. The third-order valence-corrected chi connectivity index (χ3v) is 3.75. The summed E-state index contributed by atoms with van der Waals surface area (Å²) >= 11 is 0. The Morgan fingerprint density at radius 1 is 1.21 bits per heavy atom. The first-order valence-electron chi connectivity index (χ1n) is 7.16. The molecule has 0 radical (unpaired) electrons. The minimum Gasteiger partial charge on any atom is -0.388 e. The van der Waals surface area contributed by atoms with Gasteiger partial charge >= 0.3 is 0 Å². The maximum absolute atomic E-state index is 10.3. The van der Waals surface area contributed by atoms with Crippen molar-refractivity contribution in [1.82, 2.24) is 9.97 Å². The van der Waals surface area contributed by atoms with Crippen molar-refractivity contribution in [3.63, 3.8) is 0 Å². The summed E-state index contributed by atoms with van der Waals surface area (Å²) in [6.07, 6.45) is 6.61. The summed E-state index contributed by atoms with van der Waals surface area (Å²) in [5.74, 6) is 1.69. The van der Waals surface area contributed by atoms with Crippen LogP contribution < -0.4 is 10.6 Å². The molecule has 2 rings (SSSR count). The standard InChI is InChI=1S/C14H24N4O/c1-3-8-15-12-11(2)13(18-10-17-12)16-9-14(19)6-4-5-7-14/h10,19H,3-9H2,1-2H3,(H2,15,16,17,18). The summed E-state index contributed by atoms with van der Waals surface area (Å²) in [6, 6.07) is 0. The van der Waals surface area contributed by atoms with E-state index in [2.05, 4.69) is 27.5 Å². The summed E-state index contributed by atoms with van der Waals surface area (Å²) in [5.41, 5.74) is 0.451. The smallest absolute Gasteiger partial charge is 0.134 e. The van der Waals surface area contributed by atoms with E-state index in [1.54, 1.807) is 6.33 Å². The van der Waals surface area contributed by atoms with Crippen LogP contribution in [0.1, 0.15) is 44.6 Å². The molecule has 1 aromatic rings. The van der Waals surface area contributed by atoms with Gasteiger partial charge in [-0.3, -0.25) is 0 Å². The molecule has 106 valence electrons. The number of aromatic nitrogens is 2. The SMILES string of the molecule is CCCNc1ncnc(NCC2(O)CCCC2)c1C. The van der Waals surface area contributed by atoms with Crippen LogP contribution >= 0.6 is 0 Å². The predicted molar refractivity (Wildman–Crippen MR) is 77.5 cm³/mol. The van der Waals surface area contributed by atoms with Gasteiger partial charge in [-0.15, -0.1) is 0 Å². The van der Waals surface area contributed by atoms with E-state index < -0.39 is 5.60 Å². The minimum absolute atomic E-state index is 0.561. The molecule has 3 N–H and O–H groups in total. The second-order valence-electron chi connectivity index (χ2n) is 5.41. The molecule has 1 aromatic heterocycles. The Labute approximate surface area is 114 Å². The van der Waals surface area contributed by atoms with Gasteiger partial charge in [0.25, 0.3) is 0 Å². The fraction of sp³-hybridized carbons (Fsp3) is 0.714. The predicted octanol–water partition coefficient (Wildman–Crippen LogP) is 2.32. The van der Waals surface area contributed by atoms with Crippen LogP contribution in [0, 0.1) is 6.92 Å². The summed E-state index contributed by atoms with van der Waals surface area (Å²) in [5, 5.41) is 16.9. The fourth-order valence-electron chi connectivity index (χ4n) is 2.51. The molecule has 5 nitrogen and oxygen atoms in total. The monoisotopic (exact) mass is 264 g/mol. The average Bonchev–Trinajstić information content (AvgIpc) is 2.84. The van der Waals surface area contributed by atoms with Gasteiger partial charge in [0, 0.05) is 18.7 Å². The molecular weight excluding hydrogens is 240 g/mol. The Bertz CT molecular complexity index is 416. The number of hydrogen-bond donors (Lipinski definition) is 3. The van der Waals surface area contributed by atoms with Gasteiger partial charge in [-0.25, -0.2) is 9.97 Å². The number of nitrogens with one attached hydrogen (secondary N) is 2. The molecule has 0 atom stereocenters. The Hall–Kier alpha value is -1.36. The highest BCUT2D eigenvalue weighted by Crippen LogP contribution is 2.30. The fourth-order valence-corrected chi connectivity index (χ4v) is 2.51. The van der Waals surface area contributed by atoms with E-state index in [-0.39, 0.29) is 0 Å². The van der Waals surface area contributed by atoms with Crippen LogP contribution in [0.2, 0.25) is 0 Å². The molecule has 0 aromatic carbocycles. The summed E-state index contributed by atoms with van der Waals surface area (Å²) in [7, 11) is 0. The first-order valence-corrected chi connectivity index (χ1v) is 7.16. The molecule has 0 spiro atoms. The third kappa shape index (κ3) is 3.56. The molecule has 1 saturated carbocycles. The molecule has 1 heterocycles. The lowest BCUT2D eigenvalue weighted by Gasteiger charge is -2.23. The van der Waals surface area contributed by atoms with Crippen LogP contribution in [-0.2, 0) is 0 Å². The van der Waals surface area contributed by atoms with Gasteiger partial charge in [0.15, 0.2) is 0 Å². The van der Waals surface area contributed by atoms with Gasteiger partial charge in [0.05, 0.1) is 5.60 Å². The highest BCUT2D eigenvalue weighted by atomic mass is 16.3. The van der Waals surface area contributed by atoms with Crippen molar-refractivity contribution < 1.29 is 5.11 Å². The zero-order chi connectivity index (χ0) is 13.7. The van der Waals surface area contributed by atoms with E-state index in [1.165, 1.54) is 0 Å². The number of rotatable bonds is 6. The van der Waals surface area contributed by atoms with Gasteiger partial charge in [0.2, 0.25) is 0 Å². The molecule has 0 saturated heterocycles. The van der Waals surface area contributed by atoms with E-state index in [4.69, 9.17) is 0 Å². The van der Waals surface area contributed by atoms with Crippen molar-refractivity contribution in [3.8, 4) is 0 Å². The van der Waals surface area contributed by atoms with Crippen LogP contribution in [0.25, 0.3) is 0 Å². The quantitative estimate of drug-likeness (QED) is 0.735. The molecule has 19 heavy (non-hydrogen) atoms. The normalized spacial score (nSPS) is 17.4. The Morgan fingerprint density at radius 2 is 1.84 bits per heavy atom. The summed E-state index contributed by atoms with van der Waals surface area (Å²) in [6.45, 7) is 5.59. The average molecular weight is 264 g/mol. The lowest BCUT2D eigenvalue weighted by Crippen LogP contribution is -2.33. The van der Waals surface area contributed by atoms with Crippen molar-refractivity contribution in [2.24, 2.45) is 0 Å². The largest absolute Gasteiger partial charge is 0.388 e. The minimum atomic E-state index is -0.561. The van der Waals surface area contributed by atoms with Crippen molar-refractivity contribution >= 4 is 11.6 Å². The van der Waals surface area contributed by atoms with E-state index in [0.717, 1.165) is 55.8 Å². The number of nitrogens with zero attached hydrogens (tertiary/aromatic N) is 2. The van der Waals surface area contributed by atoms with E-state index in [1.807, 2.05) is 6.92 Å². The van der Waals surface area contributed by atoms with Crippen molar-refractivity contribution in [3.05, 3.63) is 11.9 Å². The van der Waals surface area contributed by atoms with Crippen LogP contribution in [0.5, 0.6) is 0 Å². The summed E-state index contributed by atoms with van der Waals surface area (Å²) < 4.78 is 0. The van der Waals surface area contributed by atoms with E-state index >= 15 is 0 Å². The zero-order valence-electron chi connectivity index (χ0n) is 11.9. The molecule has 0 amide bonds. The Balaban J connectivity index is 1.99. The van der Waals surface area contributed by atoms with Crippen molar-refractivity contribution in [1.29, 1.82) is 0 Å². The van der Waals surface area contributed by atoms with Gasteiger partial charge in [-0.1, -0.05) is 19.8 Å². The first kappa shape index (κ1) is 14.1. The Kier molecular flexibility index (Phi) is 4.58. The highest BCUT2D eigenvalue weighted by Gasteiger charge is 2.30. The van der Waals surface area contributed by atoms with Gasteiger partial charge in [-0.05, 0) is 26.2 Å². The molecule has 0 unspecified atom stereocenters. The molecule has 1 aliphatic carbocycles. The second kappa shape index (κ2) is 6.19. The number of anilines is 2. The third-order valence-electron chi connectivity index (χ3n) is 3.75. The van der Waals surface area contributed by atoms with Crippen LogP contribution in [0.3, 0.4) is 0 Å². The second-order valence-corrected chi connectivity index (χ2v) is 5.41. The van der Waals surface area contributed by atoms with Crippen LogP contribution in [0.15, 0.2) is 6.33 Å². The van der Waals surface area contributed by atoms with E-state index in [9.17, 15) is 5.11 Å². The number of aliphatic hydroxyl groups is 1. The van der Waals surface area contributed by atoms with Crippen molar-refractivity contribution in [2.75, 3.05) is 23.7 Å². The van der Waals surface area contributed by atoms with Crippen LogP contribution in [0.4, 0.5) is 11.6 Å². The first-order chi connectivity index (χ1) is 9.14. The topological polar surface area (TPSA) is 70.1 Å². The molecule has 1 aliphatic rings. The maximum Gasteiger partial charge on any atom is 0.134 e. The molecule has 0 aliphatic heterocycles. The molecule has 1 fully saturated rings. The molecular formula is C14H24N4O. The van der Waals surface area contributed by atoms with Crippen molar-refractivity contribution in [2.45, 2.75) is 51.6 Å². The van der Waals surface area contributed by atoms with Gasteiger partial charge < -0.3 is 15.7 Å². The molecule has 0 bridgehead atoms.